The molecule has 0 atom stereocenters. The van der Waals surface area contributed by atoms with Crippen LogP contribution < -0.4 is 16.0 Å². The minimum Gasteiger partial charge on any atom is -0.381 e. The van der Waals surface area contributed by atoms with Gasteiger partial charge in [-0.3, -0.25) is 14.4 Å². The van der Waals surface area contributed by atoms with E-state index in [0.29, 0.717) is 45.6 Å². The van der Waals surface area contributed by atoms with Crippen LogP contribution in [0.15, 0.2) is 0 Å². The summed E-state index contributed by atoms with van der Waals surface area (Å²) >= 11 is 0. The first-order valence-corrected chi connectivity index (χ1v) is 7.42. The summed E-state index contributed by atoms with van der Waals surface area (Å²) in [5, 5.41) is 8.26. The standard InChI is InChI=1S/C14H25N3O4/c1-12(19)15-7-3-2-4-8-16-13(20)14(17-11-18)5-9-21-10-6-14/h11H,2-10H2,1H3,(H,15,19)(H,16,20)(H,17,18). The van der Waals surface area contributed by atoms with Crippen molar-refractivity contribution in [1.29, 1.82) is 0 Å². The molecule has 0 aromatic heterocycles. The number of carbonyl (C=O) groups excluding carboxylic acids is 3. The van der Waals surface area contributed by atoms with Crippen LogP contribution in [0.3, 0.4) is 0 Å². The van der Waals surface area contributed by atoms with Crippen LogP contribution in [-0.4, -0.2) is 50.1 Å². The third-order valence-corrected chi connectivity index (χ3v) is 3.63. The van der Waals surface area contributed by atoms with Gasteiger partial charge in [-0.2, -0.15) is 0 Å². The number of amides is 3. The van der Waals surface area contributed by atoms with Gasteiger partial charge in [0.15, 0.2) is 0 Å². The van der Waals surface area contributed by atoms with E-state index in [1.54, 1.807) is 0 Å². The van der Waals surface area contributed by atoms with Crippen LogP contribution in [0.5, 0.6) is 0 Å². The Hall–Kier alpha value is -1.63. The number of carbonyl (C=O) groups is 3. The molecule has 7 heteroatoms. The molecule has 1 aliphatic heterocycles. The summed E-state index contributed by atoms with van der Waals surface area (Å²) in [6.45, 7) is 3.68. The topological polar surface area (TPSA) is 96.5 Å². The number of nitrogens with one attached hydrogen (secondary N) is 3. The van der Waals surface area contributed by atoms with E-state index in [1.807, 2.05) is 0 Å². The molecule has 1 aliphatic rings. The highest BCUT2D eigenvalue weighted by Gasteiger charge is 2.39. The molecule has 0 bridgehead atoms. The SMILES string of the molecule is CC(=O)NCCCCCNC(=O)C1(NC=O)CCOCC1. The average molecular weight is 299 g/mol. The second kappa shape index (κ2) is 9.33. The monoisotopic (exact) mass is 299 g/mol. The lowest BCUT2D eigenvalue weighted by Gasteiger charge is -2.35. The molecule has 1 fully saturated rings. The van der Waals surface area contributed by atoms with Crippen LogP contribution in [0.2, 0.25) is 0 Å². The van der Waals surface area contributed by atoms with Gasteiger partial charge in [0.25, 0.3) is 0 Å². The Balaban J connectivity index is 2.21. The van der Waals surface area contributed by atoms with Crippen LogP contribution in [0, 0.1) is 0 Å². The Morgan fingerprint density at radius 1 is 1.10 bits per heavy atom. The molecule has 1 heterocycles. The van der Waals surface area contributed by atoms with E-state index in [4.69, 9.17) is 4.74 Å². The predicted octanol–water partition coefficient (Wildman–Crippen LogP) is -0.296. The second-order valence-electron chi connectivity index (χ2n) is 5.26. The van der Waals surface area contributed by atoms with E-state index >= 15 is 0 Å². The first-order chi connectivity index (χ1) is 10.1. The van der Waals surface area contributed by atoms with Crippen molar-refractivity contribution >= 4 is 18.2 Å². The molecule has 0 aromatic carbocycles. The molecule has 1 rings (SSSR count). The van der Waals surface area contributed by atoms with Gasteiger partial charge in [-0.05, 0) is 19.3 Å². The van der Waals surface area contributed by atoms with Gasteiger partial charge in [-0.25, -0.2) is 0 Å². The van der Waals surface area contributed by atoms with Crippen LogP contribution in [0.25, 0.3) is 0 Å². The molecule has 0 spiro atoms. The number of rotatable bonds is 9. The Morgan fingerprint density at radius 2 is 1.71 bits per heavy atom. The highest BCUT2D eigenvalue weighted by atomic mass is 16.5. The van der Waals surface area contributed by atoms with Crippen molar-refractivity contribution in [2.24, 2.45) is 0 Å². The first kappa shape index (κ1) is 17.4. The lowest BCUT2D eigenvalue weighted by Crippen LogP contribution is -2.59. The molecule has 1 saturated heterocycles. The molecule has 120 valence electrons. The minimum atomic E-state index is -0.823. The van der Waals surface area contributed by atoms with Crippen molar-refractivity contribution in [3.05, 3.63) is 0 Å². The molecule has 0 aromatic rings. The number of hydrogen-bond acceptors (Lipinski definition) is 4. The Bertz CT molecular complexity index is 354. The van der Waals surface area contributed by atoms with Gasteiger partial charge in [0.2, 0.25) is 18.2 Å². The van der Waals surface area contributed by atoms with Gasteiger partial charge in [0.05, 0.1) is 0 Å². The van der Waals surface area contributed by atoms with Gasteiger partial charge >= 0.3 is 0 Å². The third kappa shape index (κ3) is 6.12. The first-order valence-electron chi connectivity index (χ1n) is 7.42. The largest absolute Gasteiger partial charge is 0.381 e. The van der Waals surface area contributed by atoms with Crippen molar-refractivity contribution in [3.63, 3.8) is 0 Å². The highest BCUT2D eigenvalue weighted by Crippen LogP contribution is 2.20. The van der Waals surface area contributed by atoms with Crippen LogP contribution in [-0.2, 0) is 19.1 Å². The lowest BCUT2D eigenvalue weighted by molar-refractivity contribution is -0.134. The summed E-state index contributed by atoms with van der Waals surface area (Å²) in [7, 11) is 0. The lowest BCUT2D eigenvalue weighted by atomic mass is 9.89. The fourth-order valence-corrected chi connectivity index (χ4v) is 2.33. The molecule has 0 saturated carbocycles. The average Bonchev–Trinajstić information content (AvgIpc) is 2.47. The van der Waals surface area contributed by atoms with Gasteiger partial charge in [0, 0.05) is 46.1 Å². The van der Waals surface area contributed by atoms with E-state index in [0.717, 1.165) is 19.3 Å². The zero-order valence-electron chi connectivity index (χ0n) is 12.6. The maximum Gasteiger partial charge on any atom is 0.245 e. The van der Waals surface area contributed by atoms with Crippen molar-refractivity contribution in [3.8, 4) is 0 Å². The van der Waals surface area contributed by atoms with E-state index in [1.165, 1.54) is 6.92 Å². The molecule has 21 heavy (non-hydrogen) atoms. The van der Waals surface area contributed by atoms with E-state index < -0.39 is 5.54 Å². The van der Waals surface area contributed by atoms with E-state index in [2.05, 4.69) is 16.0 Å². The third-order valence-electron chi connectivity index (χ3n) is 3.63. The van der Waals surface area contributed by atoms with Crippen LogP contribution in [0.4, 0.5) is 0 Å². The molecule has 3 amide bonds. The van der Waals surface area contributed by atoms with Gasteiger partial charge in [-0.1, -0.05) is 0 Å². The van der Waals surface area contributed by atoms with Crippen LogP contribution in [0.1, 0.15) is 39.0 Å². The number of unbranched alkanes of at least 4 members (excludes halogenated alkanes) is 2. The van der Waals surface area contributed by atoms with Gasteiger partial charge in [0.1, 0.15) is 5.54 Å². The van der Waals surface area contributed by atoms with Crippen LogP contribution >= 0.6 is 0 Å². The quantitative estimate of drug-likeness (QED) is 0.402. The number of ether oxygens (including phenoxy) is 1. The molecule has 0 radical (unpaired) electrons. The summed E-state index contributed by atoms with van der Waals surface area (Å²) in [6.07, 6.45) is 4.25. The van der Waals surface area contributed by atoms with Crippen molar-refractivity contribution < 1.29 is 19.1 Å². The molecule has 3 N–H and O–H groups in total. The number of hydrogen-bond donors (Lipinski definition) is 3. The Morgan fingerprint density at radius 3 is 2.29 bits per heavy atom. The molecule has 0 aliphatic carbocycles. The fraction of sp³-hybridized carbons (Fsp3) is 0.786. The highest BCUT2D eigenvalue weighted by molar-refractivity contribution is 5.88. The minimum absolute atomic E-state index is 0.0234. The maximum absolute atomic E-state index is 12.2. The zero-order valence-corrected chi connectivity index (χ0v) is 12.6. The normalized spacial score (nSPS) is 16.8. The molecule has 7 nitrogen and oxygen atoms in total. The van der Waals surface area contributed by atoms with Gasteiger partial charge in [-0.15, -0.1) is 0 Å². The summed E-state index contributed by atoms with van der Waals surface area (Å²) < 4.78 is 5.24. The predicted molar refractivity (Wildman–Crippen MR) is 77.5 cm³/mol. The maximum atomic E-state index is 12.2. The Kier molecular flexibility index (Phi) is 7.74. The van der Waals surface area contributed by atoms with E-state index in [-0.39, 0.29) is 11.8 Å². The second-order valence-corrected chi connectivity index (χ2v) is 5.26. The summed E-state index contributed by atoms with van der Waals surface area (Å²) in [6, 6.07) is 0. The van der Waals surface area contributed by atoms with Crippen molar-refractivity contribution in [2.45, 2.75) is 44.6 Å². The Labute approximate surface area is 125 Å². The van der Waals surface area contributed by atoms with Gasteiger partial charge < -0.3 is 20.7 Å². The summed E-state index contributed by atoms with van der Waals surface area (Å²) in [5.41, 5.74) is -0.823. The summed E-state index contributed by atoms with van der Waals surface area (Å²) in [5.74, 6) is -0.163. The molecule has 0 unspecified atom stereocenters. The molecular weight excluding hydrogens is 274 g/mol. The van der Waals surface area contributed by atoms with Crippen molar-refractivity contribution in [1.82, 2.24) is 16.0 Å². The smallest absolute Gasteiger partial charge is 0.245 e. The fourth-order valence-electron chi connectivity index (χ4n) is 2.33. The zero-order chi connectivity index (χ0) is 15.6. The van der Waals surface area contributed by atoms with E-state index in [9.17, 15) is 14.4 Å². The molecular formula is C14H25N3O4. The van der Waals surface area contributed by atoms with Crippen molar-refractivity contribution in [2.75, 3.05) is 26.3 Å². The summed E-state index contributed by atoms with van der Waals surface area (Å²) in [4.78, 5) is 33.6.